The molecule has 0 spiro atoms. The van der Waals surface area contributed by atoms with E-state index in [1.54, 1.807) is 59.2 Å². The molecule has 0 N–H and O–H groups in total. The topological polar surface area (TPSA) is 69.8 Å². The minimum absolute atomic E-state index is 0.157. The van der Waals surface area contributed by atoms with Gasteiger partial charge < -0.3 is 0 Å². The van der Waals surface area contributed by atoms with E-state index >= 15 is 0 Å². The van der Waals surface area contributed by atoms with E-state index in [9.17, 15) is 14.0 Å². The maximum absolute atomic E-state index is 13.6. The Labute approximate surface area is 198 Å². The van der Waals surface area contributed by atoms with E-state index in [1.165, 1.54) is 28.5 Å². The maximum atomic E-state index is 13.6. The van der Waals surface area contributed by atoms with Crippen molar-refractivity contribution in [2.24, 2.45) is 0 Å². The molecule has 0 radical (unpaired) electrons. The monoisotopic (exact) mass is 470 g/mol. The molecule has 5 aromatic rings. The maximum Gasteiger partial charge on any atom is 0.265 e. The van der Waals surface area contributed by atoms with Crippen LogP contribution >= 0.6 is 11.8 Å². The molecule has 8 heteroatoms. The van der Waals surface area contributed by atoms with Crippen molar-refractivity contribution >= 4 is 33.6 Å². The Morgan fingerprint density at radius 2 is 1.47 bits per heavy atom. The van der Waals surface area contributed by atoms with Gasteiger partial charge in [-0.2, -0.15) is 0 Å². The molecule has 0 aliphatic carbocycles. The van der Waals surface area contributed by atoms with Crippen LogP contribution in [0.15, 0.2) is 100 Å². The van der Waals surface area contributed by atoms with Crippen molar-refractivity contribution in [3.63, 3.8) is 0 Å². The van der Waals surface area contributed by atoms with Crippen LogP contribution in [0.2, 0.25) is 0 Å². The number of aromatic nitrogens is 4. The van der Waals surface area contributed by atoms with Crippen LogP contribution < -0.4 is 11.1 Å². The van der Waals surface area contributed by atoms with Crippen LogP contribution in [-0.2, 0) is 12.3 Å². The summed E-state index contributed by atoms with van der Waals surface area (Å²) in [5, 5.41) is 1.49. The first kappa shape index (κ1) is 21.8. The van der Waals surface area contributed by atoms with Gasteiger partial charge in [-0.15, -0.1) is 6.58 Å². The molecule has 0 unspecified atom stereocenters. The van der Waals surface area contributed by atoms with Gasteiger partial charge in [-0.25, -0.2) is 14.4 Å². The van der Waals surface area contributed by atoms with Gasteiger partial charge in [-0.1, -0.05) is 42.1 Å². The summed E-state index contributed by atoms with van der Waals surface area (Å²) in [6.07, 6.45) is 1.64. The summed E-state index contributed by atoms with van der Waals surface area (Å²) in [6.45, 7) is 4.06. The van der Waals surface area contributed by atoms with Crippen LogP contribution in [-0.4, -0.2) is 19.1 Å². The standard InChI is InChI=1S/C26H19FN4O2S/c1-2-15-30-24(32)19-7-3-6-10-22(19)29-26(30)34-16-23-28-21-9-5-4-8-20(21)25(33)31(23)18-13-11-17(27)12-14-18/h2-14H,1,15-16H2. The fourth-order valence-corrected chi connectivity index (χ4v) is 4.74. The molecule has 0 bridgehead atoms. The molecule has 34 heavy (non-hydrogen) atoms. The van der Waals surface area contributed by atoms with Crippen LogP contribution in [0.1, 0.15) is 5.82 Å². The fraction of sp³-hybridized carbons (Fsp3) is 0.0769. The number of thioether (sulfide) groups is 1. The molecule has 5 rings (SSSR count). The Morgan fingerprint density at radius 3 is 2.15 bits per heavy atom. The highest BCUT2D eigenvalue weighted by Gasteiger charge is 2.16. The van der Waals surface area contributed by atoms with Crippen molar-refractivity contribution in [3.05, 3.63) is 118 Å². The SMILES string of the molecule is C=CCn1c(SCc2nc3ccccc3c(=O)n2-c2ccc(F)cc2)nc2ccccc2c1=O. The van der Waals surface area contributed by atoms with E-state index < -0.39 is 5.82 Å². The minimum atomic E-state index is -0.393. The number of halogens is 1. The first-order valence-electron chi connectivity index (χ1n) is 10.6. The zero-order chi connectivity index (χ0) is 23.7. The quantitative estimate of drug-likeness (QED) is 0.204. The molecule has 168 valence electrons. The fourth-order valence-electron chi connectivity index (χ4n) is 3.81. The van der Waals surface area contributed by atoms with Crippen molar-refractivity contribution in [1.82, 2.24) is 19.1 Å². The molecular weight excluding hydrogens is 451 g/mol. The number of fused-ring (bicyclic) bond motifs is 2. The number of nitrogens with zero attached hydrogens (tertiary/aromatic N) is 4. The third kappa shape index (κ3) is 3.92. The van der Waals surface area contributed by atoms with Crippen LogP contribution in [0.4, 0.5) is 4.39 Å². The smallest absolute Gasteiger partial charge is 0.265 e. The lowest BCUT2D eigenvalue weighted by atomic mass is 10.2. The number of allylic oxidation sites excluding steroid dienone is 1. The predicted octanol–water partition coefficient (Wildman–Crippen LogP) is 4.71. The van der Waals surface area contributed by atoms with Gasteiger partial charge in [0, 0.05) is 6.54 Å². The zero-order valence-corrected chi connectivity index (χ0v) is 18.8. The Balaban J connectivity index is 1.64. The summed E-state index contributed by atoms with van der Waals surface area (Å²) in [6, 6.07) is 20.0. The van der Waals surface area contributed by atoms with Crippen molar-refractivity contribution in [3.8, 4) is 5.69 Å². The molecular formula is C26H19FN4O2S. The van der Waals surface area contributed by atoms with Crippen molar-refractivity contribution in [1.29, 1.82) is 0 Å². The van der Waals surface area contributed by atoms with Crippen LogP contribution in [0.25, 0.3) is 27.5 Å². The van der Waals surface area contributed by atoms with E-state index in [2.05, 4.69) is 11.6 Å². The molecule has 2 aromatic heterocycles. The lowest BCUT2D eigenvalue weighted by Crippen LogP contribution is -2.25. The molecule has 0 aliphatic heterocycles. The average Bonchev–Trinajstić information content (AvgIpc) is 2.86. The minimum Gasteiger partial charge on any atom is -0.283 e. The highest BCUT2D eigenvalue weighted by Crippen LogP contribution is 2.23. The number of hydrogen-bond acceptors (Lipinski definition) is 5. The lowest BCUT2D eigenvalue weighted by molar-refractivity contribution is 0.627. The number of para-hydroxylation sites is 2. The molecule has 0 amide bonds. The van der Waals surface area contributed by atoms with Crippen molar-refractivity contribution < 1.29 is 4.39 Å². The summed E-state index contributed by atoms with van der Waals surface area (Å²) in [5.41, 5.74) is 1.27. The Kier molecular flexibility index (Phi) is 5.81. The molecule has 2 heterocycles. The summed E-state index contributed by atoms with van der Waals surface area (Å²) < 4.78 is 16.6. The normalized spacial score (nSPS) is 11.2. The van der Waals surface area contributed by atoms with Gasteiger partial charge in [-0.05, 0) is 48.5 Å². The van der Waals surface area contributed by atoms with E-state index in [0.717, 1.165) is 0 Å². The largest absolute Gasteiger partial charge is 0.283 e. The molecule has 0 saturated heterocycles. The first-order valence-corrected chi connectivity index (χ1v) is 11.6. The summed E-state index contributed by atoms with van der Waals surface area (Å²) >= 11 is 1.31. The van der Waals surface area contributed by atoms with Crippen molar-refractivity contribution in [2.75, 3.05) is 0 Å². The first-order chi connectivity index (χ1) is 16.6. The zero-order valence-electron chi connectivity index (χ0n) is 18.0. The lowest BCUT2D eigenvalue weighted by Gasteiger charge is -2.15. The molecule has 0 saturated carbocycles. The molecule has 6 nitrogen and oxygen atoms in total. The van der Waals surface area contributed by atoms with Gasteiger partial charge >= 0.3 is 0 Å². The van der Waals surface area contributed by atoms with Gasteiger partial charge in [0.25, 0.3) is 11.1 Å². The molecule has 3 aromatic carbocycles. The number of rotatable bonds is 6. The summed E-state index contributed by atoms with van der Waals surface area (Å²) in [5.74, 6) is 0.336. The van der Waals surface area contributed by atoms with Gasteiger partial charge in [0.15, 0.2) is 5.16 Å². The Hall–Kier alpha value is -4.04. The average molecular weight is 471 g/mol. The third-order valence-electron chi connectivity index (χ3n) is 5.40. The van der Waals surface area contributed by atoms with Crippen molar-refractivity contribution in [2.45, 2.75) is 17.5 Å². The second-order valence-electron chi connectivity index (χ2n) is 7.57. The number of hydrogen-bond donors (Lipinski definition) is 0. The molecule has 0 fully saturated rings. The summed E-state index contributed by atoms with van der Waals surface area (Å²) in [4.78, 5) is 35.8. The van der Waals surface area contributed by atoms with Crippen LogP contribution in [0.5, 0.6) is 0 Å². The molecule has 0 aliphatic rings. The number of benzene rings is 3. The van der Waals surface area contributed by atoms with Crippen LogP contribution in [0.3, 0.4) is 0 Å². The van der Waals surface area contributed by atoms with E-state index in [0.29, 0.717) is 45.0 Å². The molecule has 0 atom stereocenters. The predicted molar refractivity (Wildman–Crippen MR) is 133 cm³/mol. The highest BCUT2D eigenvalue weighted by molar-refractivity contribution is 7.98. The van der Waals surface area contributed by atoms with E-state index in [-0.39, 0.29) is 16.9 Å². The Morgan fingerprint density at radius 1 is 0.853 bits per heavy atom. The second-order valence-corrected chi connectivity index (χ2v) is 8.51. The van der Waals surface area contributed by atoms with Gasteiger partial charge in [0.1, 0.15) is 11.6 Å². The van der Waals surface area contributed by atoms with E-state index in [1.807, 2.05) is 12.1 Å². The third-order valence-corrected chi connectivity index (χ3v) is 6.37. The van der Waals surface area contributed by atoms with E-state index in [4.69, 9.17) is 4.98 Å². The Bertz CT molecular complexity index is 1660. The van der Waals surface area contributed by atoms with Gasteiger partial charge in [-0.3, -0.25) is 18.7 Å². The van der Waals surface area contributed by atoms with Crippen LogP contribution in [0, 0.1) is 5.82 Å². The van der Waals surface area contributed by atoms with Gasteiger partial charge in [0.2, 0.25) is 0 Å². The second kappa shape index (κ2) is 9.07. The highest BCUT2D eigenvalue weighted by atomic mass is 32.2. The van der Waals surface area contributed by atoms with Gasteiger partial charge in [0.05, 0.1) is 33.2 Å². The summed E-state index contributed by atoms with van der Waals surface area (Å²) in [7, 11) is 0.